The van der Waals surface area contributed by atoms with Crippen molar-refractivity contribution in [1.29, 1.82) is 0 Å². The highest BCUT2D eigenvalue weighted by Crippen LogP contribution is 2.17. The molecule has 0 aliphatic carbocycles. The van der Waals surface area contributed by atoms with Crippen LogP contribution in [0.5, 0.6) is 0 Å². The Kier molecular flexibility index (Phi) is 6.12. The minimum atomic E-state index is -3.78. The zero-order valence-electron chi connectivity index (χ0n) is 11.6. The molecule has 0 amide bonds. The molecule has 112 valence electrons. The summed E-state index contributed by atoms with van der Waals surface area (Å²) in [7, 11) is -2.22. The van der Waals surface area contributed by atoms with E-state index < -0.39 is 22.5 Å². The summed E-state index contributed by atoms with van der Waals surface area (Å²) in [5.41, 5.74) is 0.853. The van der Waals surface area contributed by atoms with Crippen LogP contribution in [0.3, 0.4) is 0 Å². The number of carbonyl (C=O) groups is 1. The van der Waals surface area contributed by atoms with E-state index in [1.165, 1.54) is 12.1 Å². The zero-order valence-corrected chi connectivity index (χ0v) is 12.4. The van der Waals surface area contributed by atoms with E-state index in [9.17, 15) is 13.2 Å². The Morgan fingerprint density at radius 1 is 1.30 bits per heavy atom. The van der Waals surface area contributed by atoms with E-state index in [0.29, 0.717) is 13.0 Å². The van der Waals surface area contributed by atoms with Crippen LogP contribution in [0.15, 0.2) is 29.2 Å². The van der Waals surface area contributed by atoms with Gasteiger partial charge in [-0.2, -0.15) is 4.31 Å². The molecule has 0 radical (unpaired) electrons. The molecule has 0 saturated heterocycles. The topological polar surface area (TPSA) is 83.9 Å². The molecule has 0 unspecified atom stereocenters. The van der Waals surface area contributed by atoms with Gasteiger partial charge in [0.1, 0.15) is 6.54 Å². The van der Waals surface area contributed by atoms with Crippen molar-refractivity contribution in [3.63, 3.8) is 0 Å². The smallest absolute Gasteiger partial charge is 0.318 e. The summed E-state index contributed by atoms with van der Waals surface area (Å²) in [4.78, 5) is 10.9. The first-order valence-electron chi connectivity index (χ1n) is 6.21. The van der Waals surface area contributed by atoms with Gasteiger partial charge in [0.15, 0.2) is 0 Å². The number of nitrogens with zero attached hydrogens (tertiary/aromatic N) is 1. The molecule has 0 saturated carbocycles. The Bertz CT molecular complexity index is 538. The highest BCUT2D eigenvalue weighted by Gasteiger charge is 2.25. The maximum Gasteiger partial charge on any atom is 0.318 e. The Balaban J connectivity index is 3.02. The van der Waals surface area contributed by atoms with Crippen LogP contribution >= 0.6 is 0 Å². The Morgan fingerprint density at radius 3 is 2.35 bits per heavy atom. The average Bonchev–Trinajstić information content (AvgIpc) is 2.39. The molecule has 6 nitrogen and oxygen atoms in total. The van der Waals surface area contributed by atoms with E-state index in [1.807, 2.05) is 0 Å². The second-order valence-electron chi connectivity index (χ2n) is 4.31. The van der Waals surface area contributed by atoms with Crippen molar-refractivity contribution < 1.29 is 23.1 Å². The van der Waals surface area contributed by atoms with Gasteiger partial charge in [-0.15, -0.1) is 0 Å². The SMILES string of the molecule is CCCN(CC(=O)O)S(=O)(=O)c1ccc(COC)cc1. The summed E-state index contributed by atoms with van der Waals surface area (Å²) in [5, 5.41) is 8.81. The number of ether oxygens (including phenoxy) is 1. The van der Waals surface area contributed by atoms with Crippen molar-refractivity contribution in [2.24, 2.45) is 0 Å². The Morgan fingerprint density at radius 2 is 1.90 bits per heavy atom. The third-order valence-corrected chi connectivity index (χ3v) is 4.52. The second-order valence-corrected chi connectivity index (χ2v) is 6.25. The van der Waals surface area contributed by atoms with Gasteiger partial charge in [0.25, 0.3) is 0 Å². The van der Waals surface area contributed by atoms with Crippen molar-refractivity contribution in [2.75, 3.05) is 20.2 Å². The molecule has 0 aromatic heterocycles. The van der Waals surface area contributed by atoms with E-state index >= 15 is 0 Å². The fraction of sp³-hybridized carbons (Fsp3) is 0.462. The molecule has 0 bridgehead atoms. The molecule has 1 N–H and O–H groups in total. The lowest BCUT2D eigenvalue weighted by atomic mass is 10.2. The minimum absolute atomic E-state index is 0.0899. The molecule has 1 aromatic carbocycles. The highest BCUT2D eigenvalue weighted by molar-refractivity contribution is 7.89. The van der Waals surface area contributed by atoms with Crippen LogP contribution in [-0.4, -0.2) is 44.0 Å². The Hall–Kier alpha value is -1.44. The maximum atomic E-state index is 12.4. The van der Waals surface area contributed by atoms with E-state index in [0.717, 1.165) is 9.87 Å². The maximum absolute atomic E-state index is 12.4. The third-order valence-electron chi connectivity index (χ3n) is 2.66. The summed E-state index contributed by atoms with van der Waals surface area (Å²) < 4.78 is 30.6. The van der Waals surface area contributed by atoms with Crippen molar-refractivity contribution in [3.8, 4) is 0 Å². The third kappa shape index (κ3) is 4.29. The lowest BCUT2D eigenvalue weighted by Crippen LogP contribution is -2.36. The molecule has 1 rings (SSSR count). The van der Waals surface area contributed by atoms with Crippen LogP contribution < -0.4 is 0 Å². The molecular weight excluding hydrogens is 282 g/mol. The standard InChI is InChI=1S/C13H19NO5S/c1-3-8-14(9-13(15)16)20(17,18)12-6-4-11(5-7-12)10-19-2/h4-7H,3,8-10H2,1-2H3,(H,15,16). The van der Waals surface area contributed by atoms with Gasteiger partial charge < -0.3 is 9.84 Å². The van der Waals surface area contributed by atoms with Gasteiger partial charge in [-0.3, -0.25) is 4.79 Å². The number of sulfonamides is 1. The quantitative estimate of drug-likeness (QED) is 0.783. The van der Waals surface area contributed by atoms with Crippen molar-refractivity contribution in [2.45, 2.75) is 24.8 Å². The zero-order chi connectivity index (χ0) is 15.2. The fourth-order valence-electron chi connectivity index (χ4n) is 1.76. The number of rotatable bonds is 8. The predicted molar refractivity (Wildman–Crippen MR) is 73.8 cm³/mol. The molecule has 20 heavy (non-hydrogen) atoms. The van der Waals surface area contributed by atoms with E-state index in [2.05, 4.69) is 0 Å². The Labute approximate surface area is 119 Å². The number of carboxylic acid groups (broad SMARTS) is 1. The van der Waals surface area contributed by atoms with Gasteiger partial charge in [-0.1, -0.05) is 19.1 Å². The number of methoxy groups -OCH3 is 1. The lowest BCUT2D eigenvalue weighted by Gasteiger charge is -2.19. The largest absolute Gasteiger partial charge is 0.480 e. The van der Waals surface area contributed by atoms with Crippen LogP contribution in [0, 0.1) is 0 Å². The second kappa shape index (κ2) is 7.37. The van der Waals surface area contributed by atoms with E-state index in [1.54, 1.807) is 26.2 Å². The molecule has 7 heteroatoms. The summed E-state index contributed by atoms with van der Waals surface area (Å²) >= 11 is 0. The van der Waals surface area contributed by atoms with Gasteiger partial charge in [-0.25, -0.2) is 8.42 Å². The molecule has 0 heterocycles. The van der Waals surface area contributed by atoms with Crippen LogP contribution in [0.2, 0.25) is 0 Å². The minimum Gasteiger partial charge on any atom is -0.480 e. The fourth-order valence-corrected chi connectivity index (χ4v) is 3.24. The number of hydrogen-bond donors (Lipinski definition) is 1. The van der Waals surface area contributed by atoms with Gasteiger partial charge in [0.05, 0.1) is 11.5 Å². The average molecular weight is 301 g/mol. The van der Waals surface area contributed by atoms with Crippen molar-refractivity contribution in [1.82, 2.24) is 4.31 Å². The molecular formula is C13H19NO5S. The summed E-state index contributed by atoms with van der Waals surface area (Å²) in [5.74, 6) is -1.17. The number of benzene rings is 1. The summed E-state index contributed by atoms with van der Waals surface area (Å²) in [6.45, 7) is 1.84. The first-order valence-corrected chi connectivity index (χ1v) is 7.65. The highest BCUT2D eigenvalue weighted by atomic mass is 32.2. The summed E-state index contributed by atoms with van der Waals surface area (Å²) in [6.07, 6.45) is 0.550. The first-order chi connectivity index (χ1) is 9.41. The van der Waals surface area contributed by atoms with Gasteiger partial charge in [0, 0.05) is 13.7 Å². The van der Waals surface area contributed by atoms with E-state index in [-0.39, 0.29) is 11.4 Å². The number of aliphatic carboxylic acids is 1. The predicted octanol–water partition coefficient (Wildman–Crippen LogP) is 1.32. The number of hydrogen-bond acceptors (Lipinski definition) is 4. The first kappa shape index (κ1) is 16.6. The van der Waals surface area contributed by atoms with Crippen molar-refractivity contribution in [3.05, 3.63) is 29.8 Å². The van der Waals surface area contributed by atoms with Crippen molar-refractivity contribution >= 4 is 16.0 Å². The molecule has 0 spiro atoms. The van der Waals surface area contributed by atoms with E-state index in [4.69, 9.17) is 9.84 Å². The monoisotopic (exact) mass is 301 g/mol. The molecule has 1 aromatic rings. The normalized spacial score (nSPS) is 11.8. The van der Waals surface area contributed by atoms with Crippen LogP contribution in [0.4, 0.5) is 0 Å². The van der Waals surface area contributed by atoms with Crippen LogP contribution in [0.1, 0.15) is 18.9 Å². The molecule has 0 atom stereocenters. The van der Waals surface area contributed by atoms with Crippen LogP contribution in [0.25, 0.3) is 0 Å². The number of carboxylic acids is 1. The lowest BCUT2D eigenvalue weighted by molar-refractivity contribution is -0.137. The molecule has 0 aliphatic heterocycles. The van der Waals surface area contributed by atoms with Gasteiger partial charge >= 0.3 is 5.97 Å². The molecule has 0 fully saturated rings. The van der Waals surface area contributed by atoms with Gasteiger partial charge in [0.2, 0.25) is 10.0 Å². The van der Waals surface area contributed by atoms with Crippen LogP contribution in [-0.2, 0) is 26.2 Å². The molecule has 0 aliphatic rings. The van der Waals surface area contributed by atoms with Gasteiger partial charge in [-0.05, 0) is 24.1 Å². The summed E-state index contributed by atoms with van der Waals surface area (Å²) in [6, 6.07) is 6.24.